The molecule has 2 heterocycles. The van der Waals surface area contributed by atoms with Crippen molar-refractivity contribution in [1.82, 2.24) is 25.4 Å². The van der Waals surface area contributed by atoms with Gasteiger partial charge in [0.15, 0.2) is 11.8 Å². The molecule has 0 aliphatic heterocycles. The van der Waals surface area contributed by atoms with E-state index in [4.69, 9.17) is 0 Å². The Balaban J connectivity index is 0.00000300. The Kier molecular flexibility index (Phi) is 8.56. The molecular weight excluding hydrogens is 482 g/mol. The summed E-state index contributed by atoms with van der Waals surface area (Å²) >= 11 is 0. The van der Waals surface area contributed by atoms with Crippen molar-refractivity contribution in [1.29, 1.82) is 0 Å². The van der Waals surface area contributed by atoms with E-state index in [9.17, 15) is 4.39 Å². The number of rotatable bonds is 6. The smallest absolute Gasteiger partial charge is 0.191 e. The van der Waals surface area contributed by atoms with E-state index in [0.717, 1.165) is 22.8 Å². The summed E-state index contributed by atoms with van der Waals surface area (Å²) in [4.78, 5) is 8.70. The second kappa shape index (κ2) is 10.9. The van der Waals surface area contributed by atoms with Crippen LogP contribution in [0.5, 0.6) is 0 Å². The number of benzene rings is 1. The predicted molar refractivity (Wildman–Crippen MR) is 125 cm³/mol. The highest BCUT2D eigenvalue weighted by Gasteiger charge is 2.06. The van der Waals surface area contributed by atoms with Crippen LogP contribution in [0.1, 0.15) is 22.5 Å². The summed E-state index contributed by atoms with van der Waals surface area (Å²) in [6.45, 7) is 5.15. The Labute approximate surface area is 187 Å². The first-order valence-corrected chi connectivity index (χ1v) is 9.23. The van der Waals surface area contributed by atoms with Gasteiger partial charge in [0.1, 0.15) is 5.82 Å². The lowest BCUT2D eigenvalue weighted by Crippen LogP contribution is -2.37. The van der Waals surface area contributed by atoms with Gasteiger partial charge in [0.05, 0.1) is 5.69 Å². The van der Waals surface area contributed by atoms with E-state index in [1.54, 1.807) is 19.2 Å². The molecule has 6 nitrogen and oxygen atoms in total. The standard InChI is InChI=1S/C21H25FN6.HI/c1-15-12-16(2)28(27-15)20-9-8-17(13-25-20)14-26-21(23-3)24-11-10-18-6-4-5-7-19(18)22;/h4-9,12-13H,10-11,14H2,1-3H3,(H2,23,24,26);1H. The van der Waals surface area contributed by atoms with E-state index in [1.165, 1.54) is 6.07 Å². The van der Waals surface area contributed by atoms with Gasteiger partial charge in [-0.1, -0.05) is 24.3 Å². The third-order valence-electron chi connectivity index (χ3n) is 4.36. The SMILES string of the molecule is CN=C(NCCc1ccccc1F)NCc1ccc(-n2nc(C)cc2C)nc1.I. The summed E-state index contributed by atoms with van der Waals surface area (Å²) in [5, 5.41) is 10.9. The van der Waals surface area contributed by atoms with Crippen molar-refractivity contribution in [2.45, 2.75) is 26.8 Å². The summed E-state index contributed by atoms with van der Waals surface area (Å²) in [7, 11) is 1.71. The van der Waals surface area contributed by atoms with Crippen molar-refractivity contribution in [2.24, 2.45) is 4.99 Å². The molecular formula is C21H26FIN6. The van der Waals surface area contributed by atoms with Gasteiger partial charge in [-0.15, -0.1) is 24.0 Å². The molecule has 0 fully saturated rings. The third-order valence-corrected chi connectivity index (χ3v) is 4.36. The highest BCUT2D eigenvalue weighted by Crippen LogP contribution is 2.10. The molecule has 0 aliphatic rings. The van der Waals surface area contributed by atoms with Crippen LogP contribution in [0.15, 0.2) is 53.7 Å². The van der Waals surface area contributed by atoms with Crippen LogP contribution >= 0.6 is 24.0 Å². The number of aromatic nitrogens is 3. The monoisotopic (exact) mass is 508 g/mol. The molecule has 2 N–H and O–H groups in total. The lowest BCUT2D eigenvalue weighted by Gasteiger charge is -2.12. The Bertz CT molecular complexity index is 952. The molecule has 0 aliphatic carbocycles. The Morgan fingerprint density at radius 3 is 2.55 bits per heavy atom. The van der Waals surface area contributed by atoms with Crippen LogP contribution in [0.25, 0.3) is 5.82 Å². The highest BCUT2D eigenvalue weighted by atomic mass is 127. The molecule has 0 amide bonds. The van der Waals surface area contributed by atoms with E-state index < -0.39 is 0 Å². The second-order valence-electron chi connectivity index (χ2n) is 6.56. The minimum Gasteiger partial charge on any atom is -0.356 e. The van der Waals surface area contributed by atoms with Crippen molar-refractivity contribution in [3.05, 3.63) is 77.0 Å². The number of aryl methyl sites for hydroxylation is 2. The van der Waals surface area contributed by atoms with Gasteiger partial charge in [0.25, 0.3) is 0 Å². The number of hydrogen-bond donors (Lipinski definition) is 2. The van der Waals surface area contributed by atoms with Gasteiger partial charge in [-0.2, -0.15) is 5.10 Å². The predicted octanol–water partition coefficient (Wildman–Crippen LogP) is 3.55. The summed E-state index contributed by atoms with van der Waals surface area (Å²) in [5.74, 6) is 1.28. The molecule has 154 valence electrons. The van der Waals surface area contributed by atoms with E-state index in [-0.39, 0.29) is 29.8 Å². The van der Waals surface area contributed by atoms with Crippen molar-refractivity contribution in [2.75, 3.05) is 13.6 Å². The fraction of sp³-hybridized carbons (Fsp3) is 0.286. The van der Waals surface area contributed by atoms with Gasteiger partial charge in [0, 0.05) is 32.0 Å². The van der Waals surface area contributed by atoms with Gasteiger partial charge in [-0.25, -0.2) is 14.1 Å². The van der Waals surface area contributed by atoms with Crippen LogP contribution in [-0.4, -0.2) is 34.3 Å². The number of pyridine rings is 1. The summed E-state index contributed by atoms with van der Waals surface area (Å²) < 4.78 is 15.5. The maximum atomic E-state index is 13.7. The zero-order chi connectivity index (χ0) is 19.9. The van der Waals surface area contributed by atoms with Crippen molar-refractivity contribution in [3.63, 3.8) is 0 Å². The number of guanidine groups is 1. The zero-order valence-electron chi connectivity index (χ0n) is 16.8. The van der Waals surface area contributed by atoms with Crippen LogP contribution in [0.4, 0.5) is 4.39 Å². The van der Waals surface area contributed by atoms with Crippen LogP contribution < -0.4 is 10.6 Å². The molecule has 8 heteroatoms. The van der Waals surface area contributed by atoms with Crippen molar-refractivity contribution >= 4 is 29.9 Å². The summed E-state index contributed by atoms with van der Waals surface area (Å²) in [6.07, 6.45) is 2.41. The van der Waals surface area contributed by atoms with E-state index >= 15 is 0 Å². The molecule has 29 heavy (non-hydrogen) atoms. The normalized spacial score (nSPS) is 11.1. The molecule has 0 unspecified atom stereocenters. The van der Waals surface area contributed by atoms with Crippen LogP contribution in [0.2, 0.25) is 0 Å². The topological polar surface area (TPSA) is 67.1 Å². The summed E-state index contributed by atoms with van der Waals surface area (Å²) in [5.41, 5.74) is 3.74. The molecule has 0 saturated heterocycles. The first-order chi connectivity index (χ1) is 13.6. The molecule has 3 aromatic rings. The molecule has 2 aromatic heterocycles. The average Bonchev–Trinajstić information content (AvgIpc) is 3.04. The Morgan fingerprint density at radius 1 is 1.14 bits per heavy atom. The van der Waals surface area contributed by atoms with Crippen LogP contribution in [0, 0.1) is 19.7 Å². The quantitative estimate of drug-likeness (QED) is 0.304. The first-order valence-electron chi connectivity index (χ1n) is 9.23. The second-order valence-corrected chi connectivity index (χ2v) is 6.56. The van der Waals surface area contributed by atoms with Crippen LogP contribution in [-0.2, 0) is 13.0 Å². The van der Waals surface area contributed by atoms with Crippen molar-refractivity contribution in [3.8, 4) is 5.82 Å². The Morgan fingerprint density at radius 2 is 1.93 bits per heavy atom. The number of aliphatic imine (C=N–C) groups is 1. The maximum absolute atomic E-state index is 13.7. The maximum Gasteiger partial charge on any atom is 0.191 e. The van der Waals surface area contributed by atoms with Gasteiger partial charge in [-0.3, -0.25) is 4.99 Å². The molecule has 0 saturated carbocycles. The molecule has 0 spiro atoms. The number of hydrogen-bond acceptors (Lipinski definition) is 3. The lowest BCUT2D eigenvalue weighted by atomic mass is 10.1. The van der Waals surface area contributed by atoms with Gasteiger partial charge in [0.2, 0.25) is 0 Å². The minimum atomic E-state index is -0.180. The highest BCUT2D eigenvalue weighted by molar-refractivity contribution is 14.0. The van der Waals surface area contributed by atoms with E-state index in [2.05, 4.69) is 25.7 Å². The van der Waals surface area contributed by atoms with Gasteiger partial charge >= 0.3 is 0 Å². The van der Waals surface area contributed by atoms with E-state index in [0.29, 0.717) is 31.0 Å². The summed E-state index contributed by atoms with van der Waals surface area (Å²) in [6, 6.07) is 12.8. The fourth-order valence-corrected chi connectivity index (χ4v) is 2.93. The van der Waals surface area contributed by atoms with Crippen LogP contribution in [0.3, 0.4) is 0 Å². The molecule has 3 rings (SSSR count). The van der Waals surface area contributed by atoms with Gasteiger partial charge < -0.3 is 10.6 Å². The molecule has 0 atom stereocenters. The lowest BCUT2D eigenvalue weighted by molar-refractivity contribution is 0.606. The van der Waals surface area contributed by atoms with E-state index in [1.807, 2.05) is 49.0 Å². The third kappa shape index (κ3) is 6.25. The molecule has 1 aromatic carbocycles. The van der Waals surface area contributed by atoms with Crippen molar-refractivity contribution < 1.29 is 4.39 Å². The fourth-order valence-electron chi connectivity index (χ4n) is 2.93. The number of halogens is 2. The first kappa shape index (κ1) is 22.8. The minimum absolute atomic E-state index is 0. The Hall–Kier alpha value is -2.49. The molecule has 0 bridgehead atoms. The number of nitrogens with zero attached hydrogens (tertiary/aromatic N) is 4. The largest absolute Gasteiger partial charge is 0.356 e. The average molecular weight is 508 g/mol. The number of nitrogens with one attached hydrogen (secondary N) is 2. The molecule has 0 radical (unpaired) electrons. The van der Waals surface area contributed by atoms with Gasteiger partial charge in [-0.05, 0) is 49.6 Å². The zero-order valence-corrected chi connectivity index (χ0v) is 19.1.